The van der Waals surface area contributed by atoms with Crippen LogP contribution in [0.2, 0.25) is 0 Å². The van der Waals surface area contributed by atoms with Gasteiger partial charge in [-0.2, -0.15) is 0 Å². The molecular formula is C19H30N2O3. The van der Waals surface area contributed by atoms with Crippen LogP contribution in [0.15, 0.2) is 18.2 Å². The van der Waals surface area contributed by atoms with Crippen molar-refractivity contribution in [3.8, 4) is 11.5 Å². The third-order valence-corrected chi connectivity index (χ3v) is 4.05. The predicted octanol–water partition coefficient (Wildman–Crippen LogP) is 2.74. The normalized spacial score (nSPS) is 15.2. The molecule has 0 amide bonds. The fraction of sp³-hybridized carbons (Fsp3) is 0.632. The Morgan fingerprint density at radius 3 is 2.42 bits per heavy atom. The van der Waals surface area contributed by atoms with Crippen LogP contribution in [0.25, 0.3) is 0 Å². The van der Waals surface area contributed by atoms with Crippen molar-refractivity contribution < 1.29 is 14.3 Å². The Kier molecular flexibility index (Phi) is 8.05. The highest BCUT2D eigenvalue weighted by molar-refractivity contribution is 5.96. The van der Waals surface area contributed by atoms with Crippen molar-refractivity contribution >= 4 is 5.78 Å². The Labute approximate surface area is 145 Å². The van der Waals surface area contributed by atoms with Gasteiger partial charge in [-0.1, -0.05) is 13.8 Å². The molecule has 0 bridgehead atoms. The Hall–Kier alpha value is -1.59. The van der Waals surface area contributed by atoms with Gasteiger partial charge in [-0.15, -0.1) is 0 Å². The van der Waals surface area contributed by atoms with Crippen LogP contribution in [0.1, 0.15) is 43.5 Å². The maximum absolute atomic E-state index is 12.5. The number of piperazine rings is 1. The van der Waals surface area contributed by atoms with Crippen LogP contribution >= 0.6 is 0 Å². The average molecular weight is 334 g/mol. The number of carbonyl (C=O) groups excluding carboxylic acids is 1. The van der Waals surface area contributed by atoms with Crippen molar-refractivity contribution in [2.24, 2.45) is 0 Å². The SMILES string of the molecule is CCCOc1ccc(C(=O)CCN2CCNCC2)cc1OCCC. The van der Waals surface area contributed by atoms with Gasteiger partial charge in [0.15, 0.2) is 17.3 Å². The molecule has 0 aliphatic carbocycles. The summed E-state index contributed by atoms with van der Waals surface area (Å²) in [7, 11) is 0. The predicted molar refractivity (Wildman–Crippen MR) is 96.3 cm³/mol. The summed E-state index contributed by atoms with van der Waals surface area (Å²) in [6.45, 7) is 10.3. The fourth-order valence-electron chi connectivity index (χ4n) is 2.68. The topological polar surface area (TPSA) is 50.8 Å². The van der Waals surface area contributed by atoms with Crippen LogP contribution in [-0.2, 0) is 0 Å². The van der Waals surface area contributed by atoms with Crippen LogP contribution in [0.4, 0.5) is 0 Å². The number of hydrogen-bond donors (Lipinski definition) is 1. The first-order valence-electron chi connectivity index (χ1n) is 9.10. The van der Waals surface area contributed by atoms with E-state index in [-0.39, 0.29) is 5.78 Å². The Balaban J connectivity index is 1.98. The summed E-state index contributed by atoms with van der Waals surface area (Å²) in [5.74, 6) is 1.57. The van der Waals surface area contributed by atoms with E-state index in [0.29, 0.717) is 30.9 Å². The van der Waals surface area contributed by atoms with E-state index in [2.05, 4.69) is 24.1 Å². The third-order valence-electron chi connectivity index (χ3n) is 4.05. The molecule has 5 nitrogen and oxygen atoms in total. The first kappa shape index (κ1) is 18.7. The average Bonchev–Trinajstić information content (AvgIpc) is 2.63. The molecule has 1 aliphatic heterocycles. The number of hydrogen-bond acceptors (Lipinski definition) is 5. The molecule has 0 spiro atoms. The van der Waals surface area contributed by atoms with Crippen LogP contribution in [0, 0.1) is 0 Å². The lowest BCUT2D eigenvalue weighted by Crippen LogP contribution is -2.44. The van der Waals surface area contributed by atoms with Crippen molar-refractivity contribution in [3.05, 3.63) is 23.8 Å². The number of ether oxygens (including phenoxy) is 2. The number of benzene rings is 1. The lowest BCUT2D eigenvalue weighted by molar-refractivity contribution is 0.0960. The Bertz CT molecular complexity index is 513. The maximum Gasteiger partial charge on any atom is 0.164 e. The number of ketones is 1. The van der Waals surface area contributed by atoms with Crippen molar-refractivity contribution in [1.29, 1.82) is 0 Å². The van der Waals surface area contributed by atoms with E-state index in [4.69, 9.17) is 9.47 Å². The van der Waals surface area contributed by atoms with Gasteiger partial charge < -0.3 is 19.7 Å². The molecule has 2 rings (SSSR count). The second-order valence-corrected chi connectivity index (χ2v) is 6.12. The summed E-state index contributed by atoms with van der Waals surface area (Å²) in [5, 5.41) is 3.33. The standard InChI is InChI=1S/C19H30N2O3/c1-3-13-23-18-6-5-16(15-19(18)24-14-4-2)17(22)7-10-21-11-8-20-9-12-21/h5-6,15,20H,3-4,7-14H2,1-2H3. The molecule has 1 saturated heterocycles. The van der Waals surface area contributed by atoms with Crippen LogP contribution in [-0.4, -0.2) is 56.6 Å². The second kappa shape index (κ2) is 10.3. The molecule has 1 aromatic rings. The second-order valence-electron chi connectivity index (χ2n) is 6.12. The van der Waals surface area contributed by atoms with Crippen LogP contribution < -0.4 is 14.8 Å². The molecule has 1 aliphatic rings. The number of nitrogens with zero attached hydrogens (tertiary/aromatic N) is 1. The fourth-order valence-corrected chi connectivity index (χ4v) is 2.68. The molecule has 1 aromatic carbocycles. The molecule has 0 aromatic heterocycles. The molecule has 1 heterocycles. The summed E-state index contributed by atoms with van der Waals surface area (Å²) in [5.41, 5.74) is 0.708. The number of nitrogens with one attached hydrogen (secondary N) is 1. The highest BCUT2D eigenvalue weighted by Gasteiger charge is 2.15. The van der Waals surface area contributed by atoms with Gasteiger partial charge in [0.05, 0.1) is 13.2 Å². The highest BCUT2D eigenvalue weighted by Crippen LogP contribution is 2.29. The summed E-state index contributed by atoms with van der Waals surface area (Å²) < 4.78 is 11.5. The zero-order chi connectivity index (χ0) is 17.2. The van der Waals surface area contributed by atoms with Crippen LogP contribution in [0.5, 0.6) is 11.5 Å². The first-order chi connectivity index (χ1) is 11.7. The lowest BCUT2D eigenvalue weighted by atomic mass is 10.1. The van der Waals surface area contributed by atoms with E-state index >= 15 is 0 Å². The maximum atomic E-state index is 12.5. The number of rotatable bonds is 10. The van der Waals surface area contributed by atoms with Crippen molar-refractivity contribution in [2.45, 2.75) is 33.1 Å². The zero-order valence-electron chi connectivity index (χ0n) is 15.0. The minimum absolute atomic E-state index is 0.164. The quantitative estimate of drug-likeness (QED) is 0.667. The smallest absolute Gasteiger partial charge is 0.164 e. The van der Waals surface area contributed by atoms with Gasteiger partial charge in [0.25, 0.3) is 0 Å². The molecule has 0 saturated carbocycles. The minimum atomic E-state index is 0.164. The van der Waals surface area contributed by atoms with Gasteiger partial charge >= 0.3 is 0 Å². The molecular weight excluding hydrogens is 304 g/mol. The molecule has 134 valence electrons. The lowest BCUT2D eigenvalue weighted by Gasteiger charge is -2.26. The summed E-state index contributed by atoms with van der Waals surface area (Å²) in [6, 6.07) is 5.54. The molecule has 1 N–H and O–H groups in total. The minimum Gasteiger partial charge on any atom is -0.490 e. The first-order valence-corrected chi connectivity index (χ1v) is 9.10. The summed E-state index contributed by atoms with van der Waals surface area (Å²) >= 11 is 0. The molecule has 1 fully saturated rings. The van der Waals surface area contributed by atoms with E-state index in [1.165, 1.54) is 0 Å². The van der Waals surface area contributed by atoms with E-state index in [0.717, 1.165) is 51.3 Å². The van der Waals surface area contributed by atoms with Crippen molar-refractivity contribution in [2.75, 3.05) is 45.9 Å². The van der Waals surface area contributed by atoms with E-state index in [1.807, 2.05) is 18.2 Å². The van der Waals surface area contributed by atoms with Gasteiger partial charge in [0.1, 0.15) is 0 Å². The van der Waals surface area contributed by atoms with Gasteiger partial charge in [-0.05, 0) is 31.0 Å². The molecule has 0 radical (unpaired) electrons. The highest BCUT2D eigenvalue weighted by atomic mass is 16.5. The van der Waals surface area contributed by atoms with Gasteiger partial charge in [0.2, 0.25) is 0 Å². The summed E-state index contributed by atoms with van der Waals surface area (Å²) in [4.78, 5) is 14.8. The van der Waals surface area contributed by atoms with Crippen LogP contribution in [0.3, 0.4) is 0 Å². The summed E-state index contributed by atoms with van der Waals surface area (Å²) in [6.07, 6.45) is 2.41. The largest absolute Gasteiger partial charge is 0.490 e. The number of Topliss-reactive ketones (excluding diaryl/α,β-unsaturated/α-hetero) is 1. The van der Waals surface area contributed by atoms with Gasteiger partial charge in [-0.3, -0.25) is 4.79 Å². The molecule has 0 unspecified atom stereocenters. The van der Waals surface area contributed by atoms with Crippen molar-refractivity contribution in [3.63, 3.8) is 0 Å². The number of carbonyl (C=O) groups is 1. The van der Waals surface area contributed by atoms with Crippen molar-refractivity contribution in [1.82, 2.24) is 10.2 Å². The molecule has 5 heteroatoms. The van der Waals surface area contributed by atoms with E-state index in [1.54, 1.807) is 0 Å². The monoisotopic (exact) mass is 334 g/mol. The van der Waals surface area contributed by atoms with E-state index in [9.17, 15) is 4.79 Å². The Morgan fingerprint density at radius 2 is 1.75 bits per heavy atom. The van der Waals surface area contributed by atoms with E-state index < -0.39 is 0 Å². The third kappa shape index (κ3) is 5.80. The van der Waals surface area contributed by atoms with Gasteiger partial charge in [0, 0.05) is 44.7 Å². The molecule has 0 atom stereocenters. The Morgan fingerprint density at radius 1 is 1.08 bits per heavy atom. The molecule has 24 heavy (non-hydrogen) atoms. The van der Waals surface area contributed by atoms with Gasteiger partial charge in [-0.25, -0.2) is 0 Å². The zero-order valence-corrected chi connectivity index (χ0v) is 15.0.